The fourth-order valence-electron chi connectivity index (χ4n) is 11.8. The van der Waals surface area contributed by atoms with Crippen LogP contribution in [0.25, 0.3) is 0 Å². The Labute approximate surface area is 527 Å². The Hall–Kier alpha value is -3.22. The topological polar surface area (TPSA) is 461 Å². The highest BCUT2D eigenvalue weighted by molar-refractivity contribution is 5.77. The third-order valence-electron chi connectivity index (χ3n) is 17.0. The number of hydrogen-bond acceptors (Lipinski definition) is 25. The van der Waals surface area contributed by atoms with Crippen LogP contribution in [-0.4, -0.2) is 269 Å². The van der Waals surface area contributed by atoms with Crippen molar-refractivity contribution in [1.29, 1.82) is 0 Å². The van der Waals surface area contributed by atoms with Crippen LogP contribution in [0.1, 0.15) is 175 Å². The zero-order valence-corrected chi connectivity index (χ0v) is 52.8. The number of nitrogens with one attached hydrogen (secondary N) is 3. The average Bonchev–Trinajstić information content (AvgIpc) is 0.807. The predicted molar refractivity (Wildman–Crippen MR) is 318 cm³/mol. The fraction of sp³-hybridized carbons (Fsp3) is 0.902. The highest BCUT2D eigenvalue weighted by Crippen LogP contribution is 2.40. The fourth-order valence-corrected chi connectivity index (χ4v) is 11.8. The monoisotopic (exact) mass is 1300 g/mol. The summed E-state index contributed by atoms with van der Waals surface area (Å²) in [5, 5.41) is 162. The number of aliphatic hydroxyl groups excluding tert-OH is 13. The van der Waals surface area contributed by atoms with Crippen molar-refractivity contribution < 1.29 is 129 Å². The molecule has 4 aliphatic rings. The molecule has 0 aromatic carbocycles. The lowest BCUT2D eigenvalue weighted by Crippen LogP contribution is -2.72. The van der Waals surface area contributed by atoms with Gasteiger partial charge in [0.25, 0.3) is 5.79 Å². The minimum atomic E-state index is -3.28. The Morgan fingerprint density at radius 1 is 0.578 bits per heavy atom. The van der Waals surface area contributed by atoms with Crippen LogP contribution in [0.5, 0.6) is 0 Å². The Morgan fingerprint density at radius 2 is 1.08 bits per heavy atom. The first-order valence-corrected chi connectivity index (χ1v) is 32.6. The summed E-state index contributed by atoms with van der Waals surface area (Å²) in [6, 6.07) is -4.51. The maximum absolute atomic E-state index is 13.5. The number of hydrogen-bond donors (Lipinski definition) is 17. The van der Waals surface area contributed by atoms with Crippen LogP contribution in [0.15, 0.2) is 12.2 Å². The lowest BCUT2D eigenvalue weighted by atomic mass is 9.88. The first-order chi connectivity index (χ1) is 43.0. The quantitative estimate of drug-likeness (QED) is 0.0252. The standard InChI is InChI=1S/C61H109N3O26/c1-5-7-9-11-13-15-16-17-18-20-21-23-25-27-38(71)37(64-44(74)28-26-24-22-19-14-12-10-8-6-2)34-83-58-51(79)50(78)53(42(32-67)85-58)87-59-52(80)56(54(43(33-68)86-59)88-57-46(63-36(4)70)49(77)48(76)41(31-66)84-57)90-61(60(81)82)29-39(72)45(62-35(3)69)55(89-61)47(75)40(73)30-65/h25,27,37-43,45-59,65-68,71-73,75-80H,5-24,26,28-34H2,1-4H3,(H,62,69)(H,63,70)(H,64,74)(H,81,82). The molecule has 4 aliphatic heterocycles. The van der Waals surface area contributed by atoms with Gasteiger partial charge in [-0.15, -0.1) is 0 Å². The number of carbonyl (C=O) groups is 4. The lowest BCUT2D eigenvalue weighted by Gasteiger charge is -2.52. The minimum Gasteiger partial charge on any atom is -0.477 e. The molecule has 0 aliphatic carbocycles. The van der Waals surface area contributed by atoms with Crippen LogP contribution in [-0.2, 0) is 57.1 Å². The van der Waals surface area contributed by atoms with Gasteiger partial charge in [-0.3, -0.25) is 14.4 Å². The molecule has 0 radical (unpaired) electrons. The van der Waals surface area contributed by atoms with Gasteiger partial charge in [-0.25, -0.2) is 4.79 Å². The summed E-state index contributed by atoms with van der Waals surface area (Å²) in [5.74, 6) is -7.37. The highest BCUT2D eigenvalue weighted by atomic mass is 16.8. The van der Waals surface area contributed by atoms with Gasteiger partial charge in [0.05, 0.1) is 57.3 Å². The maximum atomic E-state index is 13.5. The van der Waals surface area contributed by atoms with Gasteiger partial charge in [0.2, 0.25) is 17.7 Å². The van der Waals surface area contributed by atoms with Crippen molar-refractivity contribution in [1.82, 2.24) is 16.0 Å². The Kier molecular flexibility index (Phi) is 36.6. The zero-order chi connectivity index (χ0) is 66.5. The van der Waals surface area contributed by atoms with E-state index < -0.39 is 198 Å². The summed E-state index contributed by atoms with van der Waals surface area (Å²) in [5.41, 5.74) is 0. The van der Waals surface area contributed by atoms with E-state index in [2.05, 4.69) is 29.8 Å². The van der Waals surface area contributed by atoms with Gasteiger partial charge in [-0.05, 0) is 19.3 Å². The van der Waals surface area contributed by atoms with Gasteiger partial charge in [0, 0.05) is 26.7 Å². The second-order valence-corrected chi connectivity index (χ2v) is 24.3. The van der Waals surface area contributed by atoms with Crippen LogP contribution >= 0.6 is 0 Å². The number of aliphatic carboxylic acids is 1. The summed E-state index contributed by atoms with van der Waals surface area (Å²) in [7, 11) is 0. The first kappa shape index (κ1) is 79.2. The molecule has 0 aromatic rings. The normalized spacial score (nSPS) is 33.7. The van der Waals surface area contributed by atoms with Crippen molar-refractivity contribution in [3.63, 3.8) is 0 Å². The average molecular weight is 1300 g/mol. The van der Waals surface area contributed by atoms with E-state index in [1.54, 1.807) is 6.08 Å². The molecule has 4 heterocycles. The van der Waals surface area contributed by atoms with E-state index in [0.717, 1.165) is 78.1 Å². The molecule has 23 unspecified atom stereocenters. The number of aliphatic hydroxyl groups is 13. The van der Waals surface area contributed by atoms with E-state index >= 15 is 0 Å². The third kappa shape index (κ3) is 24.2. The molecule has 29 heteroatoms. The van der Waals surface area contributed by atoms with Crippen LogP contribution in [0, 0.1) is 0 Å². The van der Waals surface area contributed by atoms with E-state index in [-0.39, 0.29) is 12.3 Å². The van der Waals surface area contributed by atoms with Crippen molar-refractivity contribution in [2.75, 3.05) is 33.0 Å². The molecule has 0 spiro atoms. The molecule has 0 aromatic heterocycles. The van der Waals surface area contributed by atoms with Gasteiger partial charge in [0.15, 0.2) is 18.9 Å². The van der Waals surface area contributed by atoms with Gasteiger partial charge in [-0.2, -0.15) is 0 Å². The molecule has 0 bridgehead atoms. The van der Waals surface area contributed by atoms with Crippen LogP contribution in [0.4, 0.5) is 0 Å². The first-order valence-electron chi connectivity index (χ1n) is 32.6. The van der Waals surface area contributed by atoms with Crippen LogP contribution in [0.3, 0.4) is 0 Å². The summed E-state index contributed by atoms with van der Waals surface area (Å²) >= 11 is 0. The number of carboxylic acids is 1. The molecule has 3 amide bonds. The number of carbonyl (C=O) groups excluding carboxylic acids is 3. The summed E-state index contributed by atoms with van der Waals surface area (Å²) in [6.07, 6.45) is -12.7. The van der Waals surface area contributed by atoms with Gasteiger partial charge < -0.3 is 125 Å². The molecule has 23 atom stereocenters. The molecule has 0 saturated carbocycles. The molecular formula is C61H109N3O26. The summed E-state index contributed by atoms with van der Waals surface area (Å²) < 4.78 is 47.7. The maximum Gasteiger partial charge on any atom is 0.364 e. The van der Waals surface area contributed by atoms with Gasteiger partial charge >= 0.3 is 5.97 Å². The molecule has 524 valence electrons. The smallest absolute Gasteiger partial charge is 0.364 e. The Morgan fingerprint density at radius 3 is 1.61 bits per heavy atom. The van der Waals surface area contributed by atoms with Crippen molar-refractivity contribution in [3.8, 4) is 0 Å². The van der Waals surface area contributed by atoms with Crippen molar-refractivity contribution >= 4 is 23.7 Å². The lowest BCUT2D eigenvalue weighted by molar-refractivity contribution is -0.401. The number of allylic oxidation sites excluding steroid dienone is 1. The van der Waals surface area contributed by atoms with E-state index in [1.165, 1.54) is 57.8 Å². The van der Waals surface area contributed by atoms with E-state index in [1.807, 2.05) is 6.08 Å². The van der Waals surface area contributed by atoms with Crippen molar-refractivity contribution in [3.05, 3.63) is 12.2 Å². The van der Waals surface area contributed by atoms with E-state index in [9.17, 15) is 90.7 Å². The van der Waals surface area contributed by atoms with Crippen molar-refractivity contribution in [2.45, 2.75) is 316 Å². The van der Waals surface area contributed by atoms with E-state index in [4.69, 9.17) is 37.9 Å². The molecule has 4 saturated heterocycles. The van der Waals surface area contributed by atoms with Gasteiger partial charge in [0.1, 0.15) is 91.5 Å². The molecule has 29 nitrogen and oxygen atoms in total. The second kappa shape index (κ2) is 41.6. The van der Waals surface area contributed by atoms with Crippen molar-refractivity contribution in [2.24, 2.45) is 0 Å². The molecule has 4 rings (SSSR count). The van der Waals surface area contributed by atoms with E-state index in [0.29, 0.717) is 12.8 Å². The van der Waals surface area contributed by atoms with Crippen LogP contribution in [0.2, 0.25) is 0 Å². The predicted octanol–water partition coefficient (Wildman–Crippen LogP) is -1.21. The van der Waals surface area contributed by atoms with Crippen LogP contribution < -0.4 is 16.0 Å². The number of amides is 3. The molecular weight excluding hydrogens is 1190 g/mol. The highest BCUT2D eigenvalue weighted by Gasteiger charge is 2.61. The summed E-state index contributed by atoms with van der Waals surface area (Å²) in [6.45, 7) is 1.66. The third-order valence-corrected chi connectivity index (χ3v) is 17.0. The Bertz CT molecular complexity index is 2070. The largest absolute Gasteiger partial charge is 0.477 e. The minimum absolute atomic E-state index is 0.159. The number of unbranched alkanes of at least 4 members (excludes halogenated alkanes) is 19. The summed E-state index contributed by atoms with van der Waals surface area (Å²) in [4.78, 5) is 51.7. The number of carboxylic acid groups (broad SMARTS) is 1. The second-order valence-electron chi connectivity index (χ2n) is 24.3. The molecule has 90 heavy (non-hydrogen) atoms. The number of rotatable bonds is 43. The molecule has 4 fully saturated rings. The SMILES string of the molecule is CCCCCCCCCCCCCC=CC(O)C(COC1OC(CO)C(OC2OC(CO)C(OC3OC(CO)C(O)C(O)C3NC(C)=O)C(OC3(C(=O)O)CC(O)C(NC(C)=O)C(C(O)C(O)CO)O3)C2O)C(O)C1O)NC(=O)CCCCCCCCCCC. The number of ether oxygens (including phenoxy) is 8. The molecule has 17 N–H and O–H groups in total. The Balaban J connectivity index is 1.60. The van der Waals surface area contributed by atoms with Gasteiger partial charge in [-0.1, -0.05) is 142 Å². The zero-order valence-electron chi connectivity index (χ0n) is 52.8.